The molecule has 0 aliphatic heterocycles. The van der Waals surface area contributed by atoms with Gasteiger partial charge in [0.1, 0.15) is 11.9 Å². The molecule has 0 bridgehead atoms. The van der Waals surface area contributed by atoms with Crippen molar-refractivity contribution >= 4 is 5.91 Å². The number of carbonyl (C=O) groups excluding carboxylic acids is 1. The summed E-state index contributed by atoms with van der Waals surface area (Å²) in [6.07, 6.45) is 1.32. The van der Waals surface area contributed by atoms with Crippen LogP contribution in [0.5, 0.6) is 5.75 Å². The second-order valence-corrected chi connectivity index (χ2v) is 3.86. The van der Waals surface area contributed by atoms with Gasteiger partial charge >= 0.3 is 0 Å². The van der Waals surface area contributed by atoms with Crippen LogP contribution in [0.3, 0.4) is 0 Å². The zero-order valence-corrected chi connectivity index (χ0v) is 11.0. The molecule has 0 aliphatic rings. The van der Waals surface area contributed by atoms with E-state index in [0.29, 0.717) is 0 Å². The molecule has 4 nitrogen and oxygen atoms in total. The van der Waals surface area contributed by atoms with E-state index in [0.717, 1.165) is 11.3 Å². The Morgan fingerprint density at radius 3 is 2.56 bits per heavy atom. The number of para-hydroxylation sites is 1. The predicted molar refractivity (Wildman–Crippen MR) is 70.5 cm³/mol. The van der Waals surface area contributed by atoms with Crippen LogP contribution < -0.4 is 10.1 Å². The van der Waals surface area contributed by atoms with Crippen LogP contribution in [-0.2, 0) is 9.53 Å². The number of hydrogen-bond acceptors (Lipinski definition) is 3. The Labute approximate surface area is 108 Å². The molecule has 1 N–H and O–H groups in total. The van der Waals surface area contributed by atoms with Crippen molar-refractivity contribution in [2.75, 3.05) is 14.2 Å². The van der Waals surface area contributed by atoms with Crippen LogP contribution in [-0.4, -0.2) is 26.2 Å². The van der Waals surface area contributed by atoms with Crippen molar-refractivity contribution in [3.05, 3.63) is 42.5 Å². The number of amides is 1. The highest BCUT2D eigenvalue weighted by molar-refractivity contribution is 5.73. The third-order valence-corrected chi connectivity index (χ3v) is 2.65. The number of methoxy groups -OCH3 is 2. The molecule has 1 aromatic carbocycles. The fraction of sp³-hybridized carbons (Fsp3) is 0.357. The first kappa shape index (κ1) is 14.3. The molecule has 0 aromatic heterocycles. The molecule has 0 saturated carbocycles. The van der Waals surface area contributed by atoms with Gasteiger partial charge in [0.2, 0.25) is 5.91 Å². The van der Waals surface area contributed by atoms with E-state index < -0.39 is 0 Å². The molecule has 98 valence electrons. The van der Waals surface area contributed by atoms with Crippen molar-refractivity contribution in [3.8, 4) is 5.75 Å². The van der Waals surface area contributed by atoms with Crippen molar-refractivity contribution in [3.63, 3.8) is 0 Å². The van der Waals surface area contributed by atoms with Gasteiger partial charge in [0.25, 0.3) is 0 Å². The van der Waals surface area contributed by atoms with Crippen molar-refractivity contribution in [1.82, 2.24) is 5.32 Å². The summed E-state index contributed by atoms with van der Waals surface area (Å²) in [5, 5.41) is 2.79. The molecule has 0 radical (unpaired) electrons. The minimum atomic E-state index is -0.331. The summed E-state index contributed by atoms with van der Waals surface area (Å²) in [4.78, 5) is 11.2. The third kappa shape index (κ3) is 3.34. The molecule has 0 aliphatic carbocycles. The summed E-state index contributed by atoms with van der Waals surface area (Å²) in [6, 6.07) is 7.25. The number of nitrogens with one attached hydrogen (secondary N) is 1. The Bertz CT molecular complexity index is 417. The Hall–Kier alpha value is -1.81. The highest BCUT2D eigenvalue weighted by Gasteiger charge is 2.23. The van der Waals surface area contributed by atoms with Crippen molar-refractivity contribution in [2.24, 2.45) is 0 Å². The highest BCUT2D eigenvalue weighted by Crippen LogP contribution is 2.29. The van der Waals surface area contributed by atoms with Crippen molar-refractivity contribution in [1.29, 1.82) is 0 Å². The number of carbonyl (C=O) groups is 1. The van der Waals surface area contributed by atoms with Crippen LogP contribution >= 0.6 is 0 Å². The first-order valence-electron chi connectivity index (χ1n) is 5.69. The number of benzene rings is 1. The van der Waals surface area contributed by atoms with E-state index >= 15 is 0 Å². The molecule has 0 saturated heterocycles. The Balaban J connectivity index is 3.06. The van der Waals surface area contributed by atoms with Crippen LogP contribution in [0, 0.1) is 0 Å². The molecule has 0 spiro atoms. The topological polar surface area (TPSA) is 47.6 Å². The minimum absolute atomic E-state index is 0.128. The zero-order valence-electron chi connectivity index (χ0n) is 11.0. The molecular weight excluding hydrogens is 230 g/mol. The average molecular weight is 249 g/mol. The van der Waals surface area contributed by atoms with Crippen LogP contribution in [0.15, 0.2) is 36.9 Å². The maximum atomic E-state index is 11.2. The molecule has 0 fully saturated rings. The molecular formula is C14H19NO3. The molecule has 1 aromatic rings. The van der Waals surface area contributed by atoms with Gasteiger partial charge in [-0.25, -0.2) is 0 Å². The zero-order chi connectivity index (χ0) is 13.5. The summed E-state index contributed by atoms with van der Waals surface area (Å²) < 4.78 is 10.8. The molecule has 4 heteroatoms. The lowest BCUT2D eigenvalue weighted by molar-refractivity contribution is -0.120. The standard InChI is InChI=1S/C14H19NO3/c1-5-12(15-10(2)16)14(18-4)11-8-6-7-9-13(11)17-3/h5-9,12,14H,1H2,2-4H3,(H,15,16)/t12-,14+/m1/s1. The fourth-order valence-corrected chi connectivity index (χ4v) is 1.86. The average Bonchev–Trinajstić information content (AvgIpc) is 2.38. The van der Waals surface area contributed by atoms with E-state index in [1.165, 1.54) is 6.92 Å². The number of ether oxygens (including phenoxy) is 2. The molecule has 2 atom stereocenters. The first-order chi connectivity index (χ1) is 8.63. The molecule has 1 rings (SSSR count). The second kappa shape index (κ2) is 6.81. The van der Waals surface area contributed by atoms with Crippen LogP contribution in [0.2, 0.25) is 0 Å². The lowest BCUT2D eigenvalue weighted by Gasteiger charge is -2.25. The van der Waals surface area contributed by atoms with E-state index in [1.54, 1.807) is 20.3 Å². The van der Waals surface area contributed by atoms with Gasteiger partial charge in [-0.1, -0.05) is 24.3 Å². The predicted octanol–water partition coefficient (Wildman–Crippen LogP) is 2.07. The van der Waals surface area contributed by atoms with Gasteiger partial charge in [0.05, 0.1) is 13.2 Å². The monoisotopic (exact) mass is 249 g/mol. The van der Waals surface area contributed by atoms with Gasteiger partial charge < -0.3 is 14.8 Å². The lowest BCUT2D eigenvalue weighted by Crippen LogP contribution is -2.37. The van der Waals surface area contributed by atoms with Crippen LogP contribution in [0.25, 0.3) is 0 Å². The molecule has 0 unspecified atom stereocenters. The van der Waals surface area contributed by atoms with Crippen LogP contribution in [0.4, 0.5) is 0 Å². The summed E-state index contributed by atoms with van der Waals surface area (Å²) in [5.41, 5.74) is 0.876. The lowest BCUT2D eigenvalue weighted by atomic mass is 10.0. The molecule has 1 amide bonds. The van der Waals surface area contributed by atoms with Crippen LogP contribution in [0.1, 0.15) is 18.6 Å². The SMILES string of the molecule is C=C[C@@H](NC(C)=O)[C@@H](OC)c1ccccc1OC. The number of rotatable bonds is 6. The highest BCUT2D eigenvalue weighted by atomic mass is 16.5. The summed E-state index contributed by atoms with van der Waals surface area (Å²) in [5.74, 6) is 0.596. The summed E-state index contributed by atoms with van der Waals surface area (Å²) >= 11 is 0. The van der Waals surface area contributed by atoms with Gasteiger partial charge in [-0.3, -0.25) is 4.79 Å². The number of hydrogen-bond donors (Lipinski definition) is 1. The maximum Gasteiger partial charge on any atom is 0.217 e. The summed E-state index contributed by atoms with van der Waals surface area (Å²) in [6.45, 7) is 5.19. The van der Waals surface area contributed by atoms with Gasteiger partial charge in [-0.15, -0.1) is 6.58 Å². The maximum absolute atomic E-state index is 11.2. The van der Waals surface area contributed by atoms with E-state index in [1.807, 2.05) is 24.3 Å². The fourth-order valence-electron chi connectivity index (χ4n) is 1.86. The smallest absolute Gasteiger partial charge is 0.217 e. The van der Waals surface area contributed by atoms with Gasteiger partial charge in [-0.05, 0) is 6.07 Å². The van der Waals surface area contributed by atoms with Crippen molar-refractivity contribution < 1.29 is 14.3 Å². The normalized spacial score (nSPS) is 13.5. The minimum Gasteiger partial charge on any atom is -0.496 e. The van der Waals surface area contributed by atoms with Gasteiger partial charge in [-0.2, -0.15) is 0 Å². The van der Waals surface area contributed by atoms with E-state index in [-0.39, 0.29) is 18.1 Å². The van der Waals surface area contributed by atoms with Gasteiger partial charge in [0, 0.05) is 19.6 Å². The van der Waals surface area contributed by atoms with Gasteiger partial charge in [0.15, 0.2) is 0 Å². The second-order valence-electron chi connectivity index (χ2n) is 3.86. The Morgan fingerprint density at radius 1 is 1.39 bits per heavy atom. The molecule has 0 heterocycles. The van der Waals surface area contributed by atoms with E-state index in [2.05, 4.69) is 11.9 Å². The Morgan fingerprint density at radius 2 is 2.06 bits per heavy atom. The third-order valence-electron chi connectivity index (χ3n) is 2.65. The molecule has 18 heavy (non-hydrogen) atoms. The summed E-state index contributed by atoms with van der Waals surface area (Å²) in [7, 11) is 3.20. The van der Waals surface area contributed by atoms with Crippen molar-refractivity contribution in [2.45, 2.75) is 19.1 Å². The largest absolute Gasteiger partial charge is 0.496 e. The van der Waals surface area contributed by atoms with E-state index in [9.17, 15) is 4.79 Å². The Kier molecular flexibility index (Phi) is 5.39. The first-order valence-corrected chi connectivity index (χ1v) is 5.69. The quantitative estimate of drug-likeness (QED) is 0.785. The van der Waals surface area contributed by atoms with E-state index in [4.69, 9.17) is 9.47 Å².